The van der Waals surface area contributed by atoms with Gasteiger partial charge < -0.3 is 10.1 Å². The van der Waals surface area contributed by atoms with E-state index in [0.29, 0.717) is 18.2 Å². The molecule has 0 aliphatic carbocycles. The first-order valence-electron chi connectivity index (χ1n) is 6.53. The molecule has 0 heterocycles. The molecule has 0 bridgehead atoms. The van der Waals surface area contributed by atoms with E-state index in [4.69, 9.17) is 16.3 Å². The SMILES string of the molecule is CC(NCCOc1ccccc1)c1ccc(F)cc1Cl. The third-order valence-corrected chi connectivity index (χ3v) is 3.32. The number of hydrogen-bond acceptors (Lipinski definition) is 2. The lowest BCUT2D eigenvalue weighted by Crippen LogP contribution is -2.24. The standard InChI is InChI=1S/C16H17ClFNO/c1-12(15-8-7-13(18)11-16(15)17)19-9-10-20-14-5-3-2-4-6-14/h2-8,11-12,19H,9-10H2,1H3. The molecule has 2 aromatic rings. The second-order valence-corrected chi connectivity index (χ2v) is 4.91. The normalized spacial score (nSPS) is 12.2. The minimum atomic E-state index is -0.321. The Hall–Kier alpha value is -1.58. The lowest BCUT2D eigenvalue weighted by Gasteiger charge is -2.16. The van der Waals surface area contributed by atoms with Crippen LogP contribution in [0.15, 0.2) is 48.5 Å². The molecule has 20 heavy (non-hydrogen) atoms. The van der Waals surface area contributed by atoms with E-state index in [1.807, 2.05) is 37.3 Å². The molecule has 1 atom stereocenters. The van der Waals surface area contributed by atoms with Crippen molar-refractivity contribution in [2.75, 3.05) is 13.2 Å². The van der Waals surface area contributed by atoms with Crippen molar-refractivity contribution in [3.05, 3.63) is 64.9 Å². The highest BCUT2D eigenvalue weighted by molar-refractivity contribution is 6.31. The van der Waals surface area contributed by atoms with Crippen LogP contribution in [-0.4, -0.2) is 13.2 Å². The first kappa shape index (κ1) is 14.8. The molecule has 0 fully saturated rings. The van der Waals surface area contributed by atoms with Crippen molar-refractivity contribution in [1.82, 2.24) is 5.32 Å². The second-order valence-electron chi connectivity index (χ2n) is 4.50. The summed E-state index contributed by atoms with van der Waals surface area (Å²) in [5.74, 6) is 0.528. The molecular formula is C16H17ClFNO. The predicted molar refractivity (Wildman–Crippen MR) is 79.8 cm³/mol. The van der Waals surface area contributed by atoms with Gasteiger partial charge in [0.1, 0.15) is 18.2 Å². The lowest BCUT2D eigenvalue weighted by atomic mass is 10.1. The van der Waals surface area contributed by atoms with Crippen molar-refractivity contribution in [3.8, 4) is 5.75 Å². The summed E-state index contributed by atoms with van der Waals surface area (Å²) < 4.78 is 18.6. The molecule has 0 saturated carbocycles. The Balaban J connectivity index is 1.79. The van der Waals surface area contributed by atoms with Gasteiger partial charge in [0, 0.05) is 17.6 Å². The quantitative estimate of drug-likeness (QED) is 0.806. The molecule has 0 aliphatic rings. The number of nitrogens with one attached hydrogen (secondary N) is 1. The third kappa shape index (κ3) is 4.22. The molecule has 0 radical (unpaired) electrons. The van der Waals surface area contributed by atoms with Crippen molar-refractivity contribution in [3.63, 3.8) is 0 Å². The molecule has 0 aromatic heterocycles. The Labute approximate surface area is 123 Å². The average molecular weight is 294 g/mol. The van der Waals surface area contributed by atoms with Crippen LogP contribution in [-0.2, 0) is 0 Å². The highest BCUT2D eigenvalue weighted by Crippen LogP contribution is 2.23. The van der Waals surface area contributed by atoms with E-state index in [1.54, 1.807) is 6.07 Å². The van der Waals surface area contributed by atoms with E-state index >= 15 is 0 Å². The largest absolute Gasteiger partial charge is 0.492 e. The van der Waals surface area contributed by atoms with E-state index in [0.717, 1.165) is 11.3 Å². The van der Waals surface area contributed by atoms with E-state index < -0.39 is 0 Å². The number of halogens is 2. The highest BCUT2D eigenvalue weighted by Gasteiger charge is 2.09. The highest BCUT2D eigenvalue weighted by atomic mass is 35.5. The average Bonchev–Trinajstić information content (AvgIpc) is 2.44. The van der Waals surface area contributed by atoms with Gasteiger partial charge in [0.25, 0.3) is 0 Å². The van der Waals surface area contributed by atoms with Crippen molar-refractivity contribution in [1.29, 1.82) is 0 Å². The molecule has 0 spiro atoms. The van der Waals surface area contributed by atoms with E-state index in [1.165, 1.54) is 12.1 Å². The van der Waals surface area contributed by atoms with Gasteiger partial charge in [0.2, 0.25) is 0 Å². The molecule has 0 aliphatic heterocycles. The minimum Gasteiger partial charge on any atom is -0.492 e. The summed E-state index contributed by atoms with van der Waals surface area (Å²) in [7, 11) is 0. The van der Waals surface area contributed by atoms with Gasteiger partial charge in [0.05, 0.1) is 0 Å². The fourth-order valence-corrected chi connectivity index (χ4v) is 2.25. The van der Waals surface area contributed by atoms with Gasteiger partial charge in [-0.05, 0) is 36.8 Å². The smallest absolute Gasteiger partial charge is 0.124 e. The molecule has 0 saturated heterocycles. The first-order valence-corrected chi connectivity index (χ1v) is 6.91. The van der Waals surface area contributed by atoms with Crippen LogP contribution in [0.5, 0.6) is 5.75 Å². The number of para-hydroxylation sites is 1. The van der Waals surface area contributed by atoms with Crippen LogP contribution in [0.2, 0.25) is 5.02 Å². The maximum Gasteiger partial charge on any atom is 0.124 e. The molecule has 2 nitrogen and oxygen atoms in total. The van der Waals surface area contributed by atoms with Crippen LogP contribution in [0.4, 0.5) is 4.39 Å². The molecule has 2 rings (SSSR count). The van der Waals surface area contributed by atoms with Crippen molar-refractivity contribution >= 4 is 11.6 Å². The van der Waals surface area contributed by atoms with Gasteiger partial charge in [-0.1, -0.05) is 35.9 Å². The van der Waals surface area contributed by atoms with E-state index in [9.17, 15) is 4.39 Å². The fourth-order valence-electron chi connectivity index (χ4n) is 1.92. The zero-order valence-corrected chi connectivity index (χ0v) is 12.0. The summed E-state index contributed by atoms with van der Waals surface area (Å²) in [5.41, 5.74) is 0.882. The number of hydrogen-bond donors (Lipinski definition) is 1. The number of rotatable bonds is 6. The van der Waals surface area contributed by atoms with Gasteiger partial charge in [-0.25, -0.2) is 4.39 Å². The third-order valence-electron chi connectivity index (χ3n) is 2.99. The van der Waals surface area contributed by atoms with Crippen molar-refractivity contribution in [2.45, 2.75) is 13.0 Å². The summed E-state index contributed by atoms with van der Waals surface area (Å²) in [6, 6.07) is 14.1. The van der Waals surface area contributed by atoms with Gasteiger partial charge >= 0.3 is 0 Å². The number of ether oxygens (including phenoxy) is 1. The van der Waals surface area contributed by atoms with Crippen LogP contribution in [0.3, 0.4) is 0 Å². The minimum absolute atomic E-state index is 0.0440. The predicted octanol–water partition coefficient (Wildman–Crippen LogP) is 4.21. The van der Waals surface area contributed by atoms with Crippen LogP contribution in [0.1, 0.15) is 18.5 Å². The first-order chi connectivity index (χ1) is 9.66. The van der Waals surface area contributed by atoms with Gasteiger partial charge in [-0.2, -0.15) is 0 Å². The van der Waals surface area contributed by atoms with Crippen molar-refractivity contribution < 1.29 is 9.13 Å². The summed E-state index contributed by atoms with van der Waals surface area (Å²) >= 11 is 6.02. The molecule has 106 valence electrons. The Kier molecular flexibility index (Phi) is 5.39. The maximum atomic E-state index is 13.0. The topological polar surface area (TPSA) is 21.3 Å². The summed E-state index contributed by atoms with van der Waals surface area (Å²) in [6.45, 7) is 3.23. The molecule has 0 amide bonds. The molecule has 4 heteroatoms. The van der Waals surface area contributed by atoms with Gasteiger partial charge in [0.15, 0.2) is 0 Å². The molecular weight excluding hydrogens is 277 g/mol. The van der Waals surface area contributed by atoms with Crippen LogP contribution in [0.25, 0.3) is 0 Å². The van der Waals surface area contributed by atoms with Gasteiger partial charge in [-0.3, -0.25) is 0 Å². The summed E-state index contributed by atoms with van der Waals surface area (Å²) in [6.07, 6.45) is 0. The van der Waals surface area contributed by atoms with Crippen molar-refractivity contribution in [2.24, 2.45) is 0 Å². The summed E-state index contributed by atoms with van der Waals surface area (Å²) in [5, 5.41) is 3.74. The summed E-state index contributed by atoms with van der Waals surface area (Å²) in [4.78, 5) is 0. The zero-order chi connectivity index (χ0) is 14.4. The Morgan fingerprint density at radius 1 is 1.20 bits per heavy atom. The van der Waals surface area contributed by atoms with E-state index in [-0.39, 0.29) is 11.9 Å². The Bertz CT molecular complexity index is 547. The molecule has 1 unspecified atom stereocenters. The second kappa shape index (κ2) is 7.27. The zero-order valence-electron chi connectivity index (χ0n) is 11.3. The van der Waals surface area contributed by atoms with E-state index in [2.05, 4.69) is 5.32 Å². The Morgan fingerprint density at radius 3 is 2.65 bits per heavy atom. The lowest BCUT2D eigenvalue weighted by molar-refractivity contribution is 0.307. The maximum absolute atomic E-state index is 13.0. The van der Waals surface area contributed by atoms with Crippen LogP contribution in [0, 0.1) is 5.82 Å². The molecule has 1 N–H and O–H groups in total. The van der Waals surface area contributed by atoms with Gasteiger partial charge in [-0.15, -0.1) is 0 Å². The van der Waals surface area contributed by atoms with Crippen LogP contribution >= 0.6 is 11.6 Å². The fraction of sp³-hybridized carbons (Fsp3) is 0.250. The number of benzene rings is 2. The monoisotopic (exact) mass is 293 g/mol. The molecule has 2 aromatic carbocycles. The van der Waals surface area contributed by atoms with Crippen LogP contribution < -0.4 is 10.1 Å². The Morgan fingerprint density at radius 2 is 1.95 bits per heavy atom.